The lowest BCUT2D eigenvalue weighted by Gasteiger charge is -2.26. The molecule has 2 atom stereocenters. The van der Waals surface area contributed by atoms with E-state index in [9.17, 15) is 9.50 Å². The zero-order valence-electron chi connectivity index (χ0n) is 12.1. The van der Waals surface area contributed by atoms with Gasteiger partial charge in [0.05, 0.1) is 11.8 Å². The molecule has 0 spiro atoms. The van der Waals surface area contributed by atoms with Gasteiger partial charge in [0.15, 0.2) is 0 Å². The highest BCUT2D eigenvalue weighted by atomic mass is 19.1. The van der Waals surface area contributed by atoms with E-state index in [4.69, 9.17) is 0 Å². The number of anilines is 1. The fraction of sp³-hybridized carbons (Fsp3) is 0.625. The molecule has 4 heteroatoms. The standard InChI is InChI=1S/C16H23FN2O/c1-12(20)14-5-4-6-15(17)16(14)19-10-7-13(11-19)18-8-2-3-9-18/h4-6,12-13,20H,2-3,7-11H2,1H3. The lowest BCUT2D eigenvalue weighted by Crippen LogP contribution is -2.35. The van der Waals surface area contributed by atoms with Crippen molar-refractivity contribution >= 4 is 5.69 Å². The Morgan fingerprint density at radius 1 is 1.25 bits per heavy atom. The molecular formula is C16H23FN2O. The molecule has 110 valence electrons. The van der Waals surface area contributed by atoms with Crippen molar-refractivity contribution < 1.29 is 9.50 Å². The number of aliphatic hydroxyl groups excluding tert-OH is 1. The molecule has 0 saturated carbocycles. The minimum Gasteiger partial charge on any atom is -0.389 e. The summed E-state index contributed by atoms with van der Waals surface area (Å²) in [6.45, 7) is 5.81. The summed E-state index contributed by atoms with van der Waals surface area (Å²) in [5, 5.41) is 9.86. The molecule has 3 nitrogen and oxygen atoms in total. The quantitative estimate of drug-likeness (QED) is 0.920. The molecule has 0 aliphatic carbocycles. The van der Waals surface area contributed by atoms with Crippen LogP contribution in [0.3, 0.4) is 0 Å². The molecule has 2 fully saturated rings. The highest BCUT2D eigenvalue weighted by Crippen LogP contribution is 2.33. The maximum Gasteiger partial charge on any atom is 0.146 e. The van der Waals surface area contributed by atoms with Crippen molar-refractivity contribution in [2.75, 3.05) is 31.1 Å². The van der Waals surface area contributed by atoms with E-state index in [2.05, 4.69) is 9.80 Å². The Balaban J connectivity index is 1.80. The molecule has 20 heavy (non-hydrogen) atoms. The number of benzene rings is 1. The molecule has 0 amide bonds. The Labute approximate surface area is 120 Å². The maximum atomic E-state index is 14.2. The average molecular weight is 278 g/mol. The van der Waals surface area contributed by atoms with Gasteiger partial charge in [-0.3, -0.25) is 4.90 Å². The molecule has 2 aliphatic rings. The summed E-state index contributed by atoms with van der Waals surface area (Å²) < 4.78 is 14.2. The topological polar surface area (TPSA) is 26.7 Å². The molecular weight excluding hydrogens is 255 g/mol. The van der Waals surface area contributed by atoms with Gasteiger partial charge in [-0.05, 0) is 45.3 Å². The van der Waals surface area contributed by atoms with Crippen LogP contribution in [-0.2, 0) is 0 Å². The zero-order chi connectivity index (χ0) is 14.1. The highest BCUT2D eigenvalue weighted by molar-refractivity contribution is 5.56. The first kappa shape index (κ1) is 13.8. The summed E-state index contributed by atoms with van der Waals surface area (Å²) in [4.78, 5) is 4.64. The van der Waals surface area contributed by atoms with E-state index in [1.165, 1.54) is 32.0 Å². The average Bonchev–Trinajstić information content (AvgIpc) is 3.09. The second-order valence-corrected chi connectivity index (χ2v) is 5.99. The molecule has 2 heterocycles. The number of rotatable bonds is 3. The van der Waals surface area contributed by atoms with Crippen molar-refractivity contribution in [3.8, 4) is 0 Å². The molecule has 1 aromatic rings. The third kappa shape index (κ3) is 2.54. The minimum atomic E-state index is -0.633. The van der Waals surface area contributed by atoms with Crippen molar-refractivity contribution in [1.29, 1.82) is 0 Å². The smallest absolute Gasteiger partial charge is 0.146 e. The van der Waals surface area contributed by atoms with E-state index < -0.39 is 6.10 Å². The third-order valence-electron chi connectivity index (χ3n) is 4.60. The van der Waals surface area contributed by atoms with Crippen LogP contribution in [0.2, 0.25) is 0 Å². The number of nitrogens with zero attached hydrogens (tertiary/aromatic N) is 2. The molecule has 2 aliphatic heterocycles. The summed E-state index contributed by atoms with van der Waals surface area (Å²) in [7, 11) is 0. The number of para-hydroxylation sites is 1. The van der Waals surface area contributed by atoms with E-state index in [0.717, 1.165) is 19.5 Å². The van der Waals surface area contributed by atoms with Gasteiger partial charge < -0.3 is 10.0 Å². The Morgan fingerprint density at radius 3 is 2.70 bits per heavy atom. The van der Waals surface area contributed by atoms with Crippen molar-refractivity contribution in [2.24, 2.45) is 0 Å². The van der Waals surface area contributed by atoms with Gasteiger partial charge in [-0.2, -0.15) is 0 Å². The summed E-state index contributed by atoms with van der Waals surface area (Å²) in [6, 6.07) is 5.53. The minimum absolute atomic E-state index is 0.217. The van der Waals surface area contributed by atoms with Crippen molar-refractivity contribution in [3.63, 3.8) is 0 Å². The molecule has 0 aromatic heterocycles. The van der Waals surface area contributed by atoms with Crippen LogP contribution in [0.5, 0.6) is 0 Å². The number of halogens is 1. The number of hydrogen-bond donors (Lipinski definition) is 1. The predicted molar refractivity (Wildman–Crippen MR) is 78.5 cm³/mol. The molecule has 1 aromatic carbocycles. The van der Waals surface area contributed by atoms with Gasteiger partial charge in [-0.15, -0.1) is 0 Å². The molecule has 3 rings (SSSR count). The van der Waals surface area contributed by atoms with E-state index in [-0.39, 0.29) is 5.82 Å². The fourth-order valence-corrected chi connectivity index (χ4v) is 3.55. The third-order valence-corrected chi connectivity index (χ3v) is 4.60. The van der Waals surface area contributed by atoms with Crippen LogP contribution in [0.4, 0.5) is 10.1 Å². The second-order valence-electron chi connectivity index (χ2n) is 5.99. The van der Waals surface area contributed by atoms with Crippen LogP contribution in [0.25, 0.3) is 0 Å². The second kappa shape index (κ2) is 5.70. The van der Waals surface area contributed by atoms with Crippen molar-refractivity contribution in [1.82, 2.24) is 4.90 Å². The van der Waals surface area contributed by atoms with Gasteiger partial charge in [0, 0.05) is 24.7 Å². The van der Waals surface area contributed by atoms with Crippen LogP contribution in [0, 0.1) is 5.82 Å². The molecule has 2 unspecified atom stereocenters. The number of aliphatic hydroxyl groups is 1. The highest BCUT2D eigenvalue weighted by Gasteiger charge is 2.31. The van der Waals surface area contributed by atoms with Gasteiger partial charge >= 0.3 is 0 Å². The zero-order valence-corrected chi connectivity index (χ0v) is 12.1. The fourth-order valence-electron chi connectivity index (χ4n) is 3.55. The van der Waals surface area contributed by atoms with Gasteiger partial charge in [-0.25, -0.2) is 4.39 Å². The Bertz CT molecular complexity index is 472. The van der Waals surface area contributed by atoms with Gasteiger partial charge in [0.25, 0.3) is 0 Å². The summed E-state index contributed by atoms with van der Waals surface area (Å²) in [5.74, 6) is -0.217. The lowest BCUT2D eigenvalue weighted by molar-refractivity contribution is 0.199. The van der Waals surface area contributed by atoms with E-state index >= 15 is 0 Å². The molecule has 2 saturated heterocycles. The van der Waals surface area contributed by atoms with Crippen molar-refractivity contribution in [3.05, 3.63) is 29.6 Å². The van der Waals surface area contributed by atoms with E-state index in [0.29, 0.717) is 17.3 Å². The molecule has 1 N–H and O–H groups in total. The number of hydrogen-bond acceptors (Lipinski definition) is 3. The van der Waals surface area contributed by atoms with Crippen molar-refractivity contribution in [2.45, 2.75) is 38.3 Å². The SMILES string of the molecule is CC(O)c1cccc(F)c1N1CCC(N2CCCC2)C1. The lowest BCUT2D eigenvalue weighted by atomic mass is 10.1. The Kier molecular flexibility index (Phi) is 3.94. The molecule has 0 radical (unpaired) electrons. The van der Waals surface area contributed by atoms with E-state index in [1.54, 1.807) is 13.0 Å². The van der Waals surface area contributed by atoms with Crippen LogP contribution >= 0.6 is 0 Å². The largest absolute Gasteiger partial charge is 0.389 e. The van der Waals surface area contributed by atoms with Crippen LogP contribution in [0.15, 0.2) is 18.2 Å². The normalized spacial score (nSPS) is 25.4. The summed E-state index contributed by atoms with van der Waals surface area (Å²) >= 11 is 0. The summed E-state index contributed by atoms with van der Waals surface area (Å²) in [5.41, 5.74) is 1.30. The predicted octanol–water partition coefficient (Wildman–Crippen LogP) is 2.55. The van der Waals surface area contributed by atoms with Crippen LogP contribution in [-0.4, -0.2) is 42.2 Å². The Hall–Kier alpha value is -1.13. The van der Waals surface area contributed by atoms with Gasteiger partial charge in [-0.1, -0.05) is 12.1 Å². The summed E-state index contributed by atoms with van der Waals surface area (Å²) in [6.07, 6.45) is 3.03. The first-order chi connectivity index (χ1) is 9.66. The monoisotopic (exact) mass is 278 g/mol. The van der Waals surface area contributed by atoms with Gasteiger partial charge in [0.1, 0.15) is 5.82 Å². The first-order valence-corrected chi connectivity index (χ1v) is 7.62. The van der Waals surface area contributed by atoms with Crippen LogP contribution < -0.4 is 4.90 Å². The maximum absolute atomic E-state index is 14.2. The number of likely N-dealkylation sites (tertiary alicyclic amines) is 1. The van der Waals surface area contributed by atoms with Gasteiger partial charge in [0.2, 0.25) is 0 Å². The van der Waals surface area contributed by atoms with Crippen LogP contribution in [0.1, 0.15) is 37.9 Å². The molecule has 0 bridgehead atoms. The first-order valence-electron chi connectivity index (χ1n) is 7.62. The Morgan fingerprint density at radius 2 is 2.00 bits per heavy atom. The van der Waals surface area contributed by atoms with E-state index in [1.807, 2.05) is 6.07 Å².